The molecule has 3 aromatic carbocycles. The maximum absolute atomic E-state index is 14.0. The Balaban J connectivity index is 1.40. The molecule has 1 fully saturated rings. The maximum Gasteiger partial charge on any atom is 0.269 e. The van der Waals surface area contributed by atoms with Crippen molar-refractivity contribution in [3.8, 4) is 0 Å². The molecule has 3 amide bonds. The van der Waals surface area contributed by atoms with Gasteiger partial charge in [0, 0.05) is 47.6 Å². The quantitative estimate of drug-likeness (QED) is 0.293. The molecule has 2 aliphatic rings. The summed E-state index contributed by atoms with van der Waals surface area (Å²) in [6.45, 7) is -0.181. The Morgan fingerprint density at radius 2 is 1.58 bits per heavy atom. The molecular formula is C32H33Cl2N3O5S. The summed E-state index contributed by atoms with van der Waals surface area (Å²) < 4.78 is 26.8. The standard InChI is InChI=1S/C32H33Cl2N3O5S/c33-26-15-8-16-27(34)25(26)21-36(28(20-22-10-2-1-3-11-22)31(39)35-23-12-4-5-13-23)30(38)18-9-19-37-32(40)24-14-6-7-17-29(24)43(37,41)42/h1-3,6-8,10-11,14-17,23,28H,4-5,9,12-13,18-21H2,(H,35,39)/t28-/m1/s1. The Bertz CT molecular complexity index is 1590. The molecule has 0 aromatic heterocycles. The van der Waals surface area contributed by atoms with Crippen LogP contribution in [0.15, 0.2) is 77.7 Å². The van der Waals surface area contributed by atoms with Crippen molar-refractivity contribution in [2.45, 2.75) is 68.5 Å². The van der Waals surface area contributed by atoms with Crippen LogP contribution >= 0.6 is 23.2 Å². The summed E-state index contributed by atoms with van der Waals surface area (Å²) in [5, 5.41) is 3.88. The fraction of sp³-hybridized carbons (Fsp3) is 0.344. The summed E-state index contributed by atoms with van der Waals surface area (Å²) in [5.74, 6) is -1.25. The van der Waals surface area contributed by atoms with Crippen molar-refractivity contribution in [3.05, 3.63) is 99.5 Å². The molecule has 8 nitrogen and oxygen atoms in total. The van der Waals surface area contributed by atoms with Crippen LogP contribution in [0, 0.1) is 0 Å². The third kappa shape index (κ3) is 6.89. The number of sulfonamides is 1. The van der Waals surface area contributed by atoms with Crippen molar-refractivity contribution in [1.82, 2.24) is 14.5 Å². The predicted octanol–water partition coefficient (Wildman–Crippen LogP) is 5.62. The first kappa shape index (κ1) is 31.0. The van der Waals surface area contributed by atoms with Crippen LogP contribution in [-0.2, 0) is 32.6 Å². The van der Waals surface area contributed by atoms with E-state index in [1.807, 2.05) is 30.3 Å². The SMILES string of the molecule is O=C(NC1CCCC1)[C@@H](Cc1ccccc1)N(Cc1c(Cl)cccc1Cl)C(=O)CCCN1C(=O)c2ccccc2S1(=O)=O. The second-order valence-electron chi connectivity index (χ2n) is 10.9. The maximum atomic E-state index is 14.0. The summed E-state index contributed by atoms with van der Waals surface area (Å²) >= 11 is 13.0. The van der Waals surface area contributed by atoms with Gasteiger partial charge in [0.1, 0.15) is 10.9 Å². The number of carbonyl (C=O) groups is 3. The van der Waals surface area contributed by atoms with Crippen molar-refractivity contribution >= 4 is 50.9 Å². The zero-order valence-corrected chi connectivity index (χ0v) is 25.9. The first-order chi connectivity index (χ1) is 20.7. The van der Waals surface area contributed by atoms with E-state index in [-0.39, 0.29) is 60.7 Å². The van der Waals surface area contributed by atoms with Crippen LogP contribution in [0.5, 0.6) is 0 Å². The van der Waals surface area contributed by atoms with Crippen molar-refractivity contribution in [2.24, 2.45) is 0 Å². The predicted molar refractivity (Wildman–Crippen MR) is 165 cm³/mol. The molecule has 1 heterocycles. The molecule has 3 aromatic rings. The van der Waals surface area contributed by atoms with E-state index in [0.717, 1.165) is 35.6 Å². The van der Waals surface area contributed by atoms with Gasteiger partial charge in [0.15, 0.2) is 0 Å². The highest BCUT2D eigenvalue weighted by Gasteiger charge is 2.40. The summed E-state index contributed by atoms with van der Waals surface area (Å²) in [7, 11) is -4.00. The van der Waals surface area contributed by atoms with E-state index >= 15 is 0 Å². The summed E-state index contributed by atoms with van der Waals surface area (Å²) in [5.41, 5.74) is 1.51. The van der Waals surface area contributed by atoms with Gasteiger partial charge < -0.3 is 10.2 Å². The van der Waals surface area contributed by atoms with Crippen LogP contribution in [0.4, 0.5) is 0 Å². The lowest BCUT2D eigenvalue weighted by Crippen LogP contribution is -2.52. The topological polar surface area (TPSA) is 104 Å². The van der Waals surface area contributed by atoms with Gasteiger partial charge in [-0.25, -0.2) is 12.7 Å². The molecule has 0 radical (unpaired) electrons. The van der Waals surface area contributed by atoms with Crippen LogP contribution in [0.3, 0.4) is 0 Å². The highest BCUT2D eigenvalue weighted by molar-refractivity contribution is 7.90. The Morgan fingerprint density at radius 3 is 2.26 bits per heavy atom. The van der Waals surface area contributed by atoms with Gasteiger partial charge in [0.25, 0.3) is 15.9 Å². The van der Waals surface area contributed by atoms with Gasteiger partial charge in [-0.3, -0.25) is 14.4 Å². The number of hydrogen-bond acceptors (Lipinski definition) is 5. The first-order valence-corrected chi connectivity index (χ1v) is 16.6. The molecule has 226 valence electrons. The zero-order valence-electron chi connectivity index (χ0n) is 23.5. The zero-order chi connectivity index (χ0) is 30.6. The molecule has 0 unspecified atom stereocenters. The highest BCUT2D eigenvalue weighted by Crippen LogP contribution is 2.31. The molecule has 11 heteroatoms. The van der Waals surface area contributed by atoms with Crippen LogP contribution in [-0.4, -0.2) is 54.0 Å². The largest absolute Gasteiger partial charge is 0.352 e. The number of benzene rings is 3. The lowest BCUT2D eigenvalue weighted by atomic mass is 10.0. The average molecular weight is 643 g/mol. The third-order valence-electron chi connectivity index (χ3n) is 8.03. The van der Waals surface area contributed by atoms with Gasteiger partial charge in [0.2, 0.25) is 11.8 Å². The Hall–Kier alpha value is -3.40. The van der Waals surface area contributed by atoms with Gasteiger partial charge in [-0.05, 0) is 49.1 Å². The monoisotopic (exact) mass is 641 g/mol. The van der Waals surface area contributed by atoms with E-state index in [0.29, 0.717) is 15.6 Å². The molecule has 1 aliphatic heterocycles. The van der Waals surface area contributed by atoms with E-state index in [2.05, 4.69) is 5.32 Å². The van der Waals surface area contributed by atoms with Crippen LogP contribution in [0.1, 0.15) is 60.0 Å². The molecule has 0 saturated heterocycles. The van der Waals surface area contributed by atoms with Crippen LogP contribution < -0.4 is 5.32 Å². The number of carbonyl (C=O) groups excluding carboxylic acids is 3. The molecule has 1 aliphatic carbocycles. The fourth-order valence-electron chi connectivity index (χ4n) is 5.74. The van der Waals surface area contributed by atoms with Gasteiger partial charge in [-0.1, -0.05) is 84.6 Å². The van der Waals surface area contributed by atoms with E-state index in [1.165, 1.54) is 17.0 Å². The molecule has 43 heavy (non-hydrogen) atoms. The summed E-state index contributed by atoms with van der Waals surface area (Å²) in [6, 6.07) is 19.7. The number of fused-ring (bicyclic) bond motifs is 1. The number of halogens is 2. The Morgan fingerprint density at radius 1 is 0.930 bits per heavy atom. The smallest absolute Gasteiger partial charge is 0.269 e. The molecular weight excluding hydrogens is 609 g/mol. The van der Waals surface area contributed by atoms with Crippen molar-refractivity contribution in [2.75, 3.05) is 6.54 Å². The van der Waals surface area contributed by atoms with Crippen molar-refractivity contribution in [1.29, 1.82) is 0 Å². The second kappa shape index (κ2) is 13.5. The van der Waals surface area contributed by atoms with E-state index in [4.69, 9.17) is 23.2 Å². The molecule has 1 saturated carbocycles. The number of nitrogens with zero attached hydrogens (tertiary/aromatic N) is 2. The van der Waals surface area contributed by atoms with Crippen LogP contribution in [0.2, 0.25) is 10.0 Å². The van der Waals surface area contributed by atoms with Gasteiger partial charge in [-0.15, -0.1) is 0 Å². The minimum Gasteiger partial charge on any atom is -0.352 e. The summed E-state index contributed by atoms with van der Waals surface area (Å²) in [6.07, 6.45) is 4.08. The van der Waals surface area contributed by atoms with Gasteiger partial charge in [-0.2, -0.15) is 0 Å². The lowest BCUT2D eigenvalue weighted by molar-refractivity contribution is -0.141. The van der Waals surface area contributed by atoms with E-state index in [1.54, 1.807) is 30.3 Å². The molecule has 1 N–H and O–H groups in total. The Labute approximate surface area is 262 Å². The van der Waals surface area contributed by atoms with Crippen LogP contribution in [0.25, 0.3) is 0 Å². The fourth-order valence-corrected chi connectivity index (χ4v) is 7.87. The number of rotatable bonds is 11. The van der Waals surface area contributed by atoms with E-state index < -0.39 is 22.0 Å². The van der Waals surface area contributed by atoms with Crippen molar-refractivity contribution in [3.63, 3.8) is 0 Å². The molecule has 5 rings (SSSR count). The highest BCUT2D eigenvalue weighted by atomic mass is 35.5. The van der Waals surface area contributed by atoms with Gasteiger partial charge in [0.05, 0.1) is 5.56 Å². The Kier molecular flexibility index (Phi) is 9.74. The molecule has 1 atom stereocenters. The minimum atomic E-state index is -4.00. The number of hydrogen-bond donors (Lipinski definition) is 1. The molecule has 0 spiro atoms. The normalized spacial score (nSPS) is 16.6. The molecule has 0 bridgehead atoms. The number of amides is 3. The third-order valence-corrected chi connectivity index (χ3v) is 10.6. The lowest BCUT2D eigenvalue weighted by Gasteiger charge is -2.33. The van der Waals surface area contributed by atoms with Crippen molar-refractivity contribution < 1.29 is 22.8 Å². The first-order valence-electron chi connectivity index (χ1n) is 14.4. The number of nitrogens with one attached hydrogen (secondary N) is 1. The van der Waals surface area contributed by atoms with Gasteiger partial charge >= 0.3 is 0 Å². The van der Waals surface area contributed by atoms with E-state index in [9.17, 15) is 22.8 Å². The second-order valence-corrected chi connectivity index (χ2v) is 13.5. The summed E-state index contributed by atoms with van der Waals surface area (Å²) in [4.78, 5) is 42.2. The average Bonchev–Trinajstić information content (AvgIpc) is 3.57. The minimum absolute atomic E-state index is 0.0146.